The maximum Gasteiger partial charge on any atom is 0.342 e. The third-order valence-electron chi connectivity index (χ3n) is 5.16. The smallest absolute Gasteiger partial charge is 0.342 e. The Kier molecular flexibility index (Phi) is 5.64. The molecule has 1 aliphatic heterocycles. The van der Waals surface area contributed by atoms with Gasteiger partial charge in [0.25, 0.3) is 0 Å². The number of carbonyl (C=O) groups excluding carboxylic acids is 2. The highest BCUT2D eigenvalue weighted by Crippen LogP contribution is 2.50. The van der Waals surface area contributed by atoms with Gasteiger partial charge in [0.1, 0.15) is 11.7 Å². The topological polar surface area (TPSA) is 141 Å². The number of benzene rings is 1. The van der Waals surface area contributed by atoms with Crippen molar-refractivity contribution in [2.75, 3.05) is 28.1 Å². The molecule has 10 nitrogen and oxygen atoms in total. The summed E-state index contributed by atoms with van der Waals surface area (Å²) >= 11 is 0. The van der Waals surface area contributed by atoms with Crippen LogP contribution in [0, 0.1) is 5.92 Å². The number of carbonyl (C=O) groups is 2. The van der Waals surface area contributed by atoms with Gasteiger partial charge in [0.05, 0.1) is 39.5 Å². The van der Waals surface area contributed by atoms with Gasteiger partial charge in [-0.25, -0.2) is 4.79 Å². The van der Waals surface area contributed by atoms with Crippen molar-refractivity contribution in [1.82, 2.24) is 0 Å². The van der Waals surface area contributed by atoms with E-state index >= 15 is 0 Å². The number of rotatable bonds is 4. The number of hydrogen-bond acceptors (Lipinski definition) is 10. The van der Waals surface area contributed by atoms with Gasteiger partial charge in [0.2, 0.25) is 12.5 Å². The first-order chi connectivity index (χ1) is 13.3. The molecule has 2 aliphatic rings. The first-order valence-electron chi connectivity index (χ1n) is 8.56. The Bertz CT molecular complexity index is 776. The van der Waals surface area contributed by atoms with Crippen molar-refractivity contribution in [1.29, 1.82) is 0 Å². The fraction of sp³-hybridized carbons (Fsp3) is 0.556. The molecule has 0 spiro atoms. The highest BCUT2D eigenvalue weighted by Gasteiger charge is 2.49. The van der Waals surface area contributed by atoms with Gasteiger partial charge in [-0.05, 0) is 18.1 Å². The molecular weight excluding hydrogens is 376 g/mol. The molecule has 0 amide bonds. The van der Waals surface area contributed by atoms with Crippen LogP contribution in [0.3, 0.4) is 0 Å². The van der Waals surface area contributed by atoms with Crippen LogP contribution in [0.2, 0.25) is 0 Å². The van der Waals surface area contributed by atoms with E-state index in [2.05, 4.69) is 0 Å². The summed E-state index contributed by atoms with van der Waals surface area (Å²) in [6.07, 6.45) is -4.60. The fourth-order valence-electron chi connectivity index (χ4n) is 3.82. The molecule has 10 heteroatoms. The van der Waals surface area contributed by atoms with E-state index in [-0.39, 0.29) is 41.6 Å². The number of ether oxygens (including phenoxy) is 5. The first kappa shape index (κ1) is 20.2. The molecule has 1 saturated carbocycles. The van der Waals surface area contributed by atoms with Crippen LogP contribution in [0.4, 0.5) is 0 Å². The first-order valence-corrected chi connectivity index (χ1v) is 8.56. The van der Waals surface area contributed by atoms with E-state index in [1.807, 2.05) is 0 Å². The summed E-state index contributed by atoms with van der Waals surface area (Å²) in [4.78, 5) is 24.9. The molecule has 0 bridgehead atoms. The van der Waals surface area contributed by atoms with Crippen LogP contribution >= 0.6 is 0 Å². The zero-order valence-electron chi connectivity index (χ0n) is 15.6. The van der Waals surface area contributed by atoms with Gasteiger partial charge < -0.3 is 39.0 Å². The second kappa shape index (κ2) is 7.82. The monoisotopic (exact) mass is 398 g/mol. The number of hydrogen-bond donors (Lipinski definition) is 3. The van der Waals surface area contributed by atoms with Crippen molar-refractivity contribution in [2.24, 2.45) is 5.92 Å². The van der Waals surface area contributed by atoms with Gasteiger partial charge in [-0.1, -0.05) is 0 Å². The zero-order valence-corrected chi connectivity index (χ0v) is 15.6. The van der Waals surface area contributed by atoms with Crippen LogP contribution in [0.5, 0.6) is 17.2 Å². The third-order valence-corrected chi connectivity index (χ3v) is 5.16. The summed E-state index contributed by atoms with van der Waals surface area (Å²) in [6, 6.07) is 1.48. The van der Waals surface area contributed by atoms with Crippen LogP contribution in [-0.2, 0) is 14.3 Å². The molecule has 3 N–H and O–H groups in total. The van der Waals surface area contributed by atoms with E-state index in [0.717, 1.165) is 7.11 Å². The minimum atomic E-state index is -1.61. The number of methoxy groups -OCH3 is 3. The van der Waals surface area contributed by atoms with Crippen molar-refractivity contribution in [3.05, 3.63) is 17.2 Å². The predicted octanol–water partition coefficient (Wildman–Crippen LogP) is -0.430. The van der Waals surface area contributed by atoms with Crippen molar-refractivity contribution in [3.63, 3.8) is 0 Å². The Morgan fingerprint density at radius 2 is 1.79 bits per heavy atom. The maximum atomic E-state index is 12.5. The van der Waals surface area contributed by atoms with Crippen LogP contribution in [-0.4, -0.2) is 73.7 Å². The van der Waals surface area contributed by atoms with Gasteiger partial charge in [0.15, 0.2) is 11.5 Å². The molecule has 0 unspecified atom stereocenters. The molecule has 28 heavy (non-hydrogen) atoms. The maximum absolute atomic E-state index is 12.5. The van der Waals surface area contributed by atoms with E-state index in [1.54, 1.807) is 0 Å². The summed E-state index contributed by atoms with van der Waals surface area (Å²) in [6.45, 7) is -0.0924. The van der Waals surface area contributed by atoms with Crippen molar-refractivity contribution in [2.45, 2.75) is 30.7 Å². The summed E-state index contributed by atoms with van der Waals surface area (Å²) in [5, 5.41) is 30.7. The lowest BCUT2D eigenvalue weighted by molar-refractivity contribution is -0.166. The van der Waals surface area contributed by atoms with Gasteiger partial charge in [-0.3, -0.25) is 4.79 Å². The number of aliphatic hydroxyl groups is 3. The molecule has 1 aliphatic carbocycles. The van der Waals surface area contributed by atoms with Gasteiger partial charge in [-0.15, -0.1) is 0 Å². The molecule has 3 rings (SSSR count). The van der Waals surface area contributed by atoms with Crippen LogP contribution in [0.25, 0.3) is 0 Å². The zero-order chi connectivity index (χ0) is 20.6. The molecule has 154 valence electrons. The fourth-order valence-corrected chi connectivity index (χ4v) is 3.82. The minimum absolute atomic E-state index is 0.0241. The lowest BCUT2D eigenvalue weighted by atomic mass is 9.70. The van der Waals surface area contributed by atoms with Crippen molar-refractivity contribution >= 4 is 11.9 Å². The Morgan fingerprint density at radius 1 is 1.07 bits per heavy atom. The van der Waals surface area contributed by atoms with Gasteiger partial charge >= 0.3 is 11.9 Å². The summed E-state index contributed by atoms with van der Waals surface area (Å²) in [7, 11) is 3.66. The predicted molar refractivity (Wildman–Crippen MR) is 91.3 cm³/mol. The Balaban J connectivity index is 2.22. The molecule has 5 atom stereocenters. The molecule has 0 saturated heterocycles. The average Bonchev–Trinajstić information content (AvgIpc) is 3.17. The number of fused-ring (bicyclic) bond motifs is 1. The van der Waals surface area contributed by atoms with Crippen LogP contribution < -0.4 is 14.2 Å². The molecular formula is C18H22O10. The molecule has 0 radical (unpaired) electrons. The van der Waals surface area contributed by atoms with Crippen LogP contribution in [0.15, 0.2) is 6.07 Å². The highest BCUT2D eigenvalue weighted by atomic mass is 16.7. The standard InChI is InChI=1S/C18H22O10/c1-24-16-12(18(23)26-3)8(5-10-15(16)28-6-27-10)7-4-9(19)13(20)14(21)11(7)17(22)25-2/h5,7,9,11,13-14,19-21H,4,6H2,1-3H3/t7-,9+,11-,13-,14+/m1/s1. The Labute approximate surface area is 160 Å². The van der Waals surface area contributed by atoms with Gasteiger partial charge in [0, 0.05) is 5.92 Å². The van der Waals surface area contributed by atoms with Crippen LogP contribution in [0.1, 0.15) is 28.3 Å². The van der Waals surface area contributed by atoms with E-state index in [0.29, 0.717) is 0 Å². The van der Waals surface area contributed by atoms with Crippen molar-refractivity contribution < 1.29 is 48.6 Å². The molecule has 1 aromatic carbocycles. The lowest BCUT2D eigenvalue weighted by Gasteiger charge is -2.40. The third kappa shape index (κ3) is 3.13. The quantitative estimate of drug-likeness (QED) is 0.572. The average molecular weight is 398 g/mol. The number of esters is 2. The number of aliphatic hydroxyl groups excluding tert-OH is 3. The second-order valence-electron chi connectivity index (χ2n) is 6.54. The summed E-state index contributed by atoms with van der Waals surface area (Å²) in [5.41, 5.74) is 0.220. The summed E-state index contributed by atoms with van der Waals surface area (Å²) in [5.74, 6) is -3.15. The molecule has 1 fully saturated rings. The SMILES string of the molecule is COC(=O)c1c([C@H]2C[C@H](O)[C@@H](O)[C@@H](O)[C@@H]2C(=O)OC)cc2c(c1OC)OCO2. The summed E-state index contributed by atoms with van der Waals surface area (Å²) < 4.78 is 25.7. The molecule has 1 heterocycles. The Hall–Kier alpha value is -2.56. The van der Waals surface area contributed by atoms with E-state index < -0.39 is 42.1 Å². The normalized spacial score (nSPS) is 28.6. The molecule has 1 aromatic rings. The largest absolute Gasteiger partial charge is 0.492 e. The molecule has 0 aromatic heterocycles. The van der Waals surface area contributed by atoms with Gasteiger partial charge in [-0.2, -0.15) is 0 Å². The second-order valence-corrected chi connectivity index (χ2v) is 6.54. The lowest BCUT2D eigenvalue weighted by Crippen LogP contribution is -2.52. The van der Waals surface area contributed by atoms with E-state index in [1.165, 1.54) is 20.3 Å². The minimum Gasteiger partial charge on any atom is -0.492 e. The Morgan fingerprint density at radius 3 is 2.39 bits per heavy atom. The van der Waals surface area contributed by atoms with E-state index in [9.17, 15) is 24.9 Å². The van der Waals surface area contributed by atoms with E-state index in [4.69, 9.17) is 23.7 Å². The van der Waals surface area contributed by atoms with Crippen molar-refractivity contribution in [3.8, 4) is 17.2 Å². The highest BCUT2D eigenvalue weighted by molar-refractivity contribution is 5.96.